The Bertz CT molecular complexity index is 743. The fraction of sp³-hybridized carbons (Fsp3) is 0.333. The number of aliphatic hydroxyl groups is 1. The van der Waals surface area contributed by atoms with Gasteiger partial charge in [-0.2, -0.15) is 26.3 Å². The number of benzene rings is 2. The van der Waals surface area contributed by atoms with E-state index in [9.17, 15) is 30.7 Å². The van der Waals surface area contributed by atoms with Gasteiger partial charge in [0, 0.05) is 0 Å². The van der Waals surface area contributed by atoms with E-state index in [1.165, 1.54) is 24.3 Å². The molecule has 0 radical (unpaired) electrons. The molecule has 148 valence electrons. The van der Waals surface area contributed by atoms with Gasteiger partial charge in [-0.15, -0.1) is 0 Å². The summed E-state index contributed by atoms with van der Waals surface area (Å²) in [6.45, 7) is -4.14. The van der Waals surface area contributed by atoms with Crippen LogP contribution in [0.5, 0.6) is 0 Å². The highest BCUT2D eigenvalue weighted by molar-refractivity contribution is 5.63. The monoisotopic (exact) mass is 396 g/mol. The minimum absolute atomic E-state index is 0.0322. The van der Waals surface area contributed by atoms with E-state index >= 15 is 0 Å². The van der Waals surface area contributed by atoms with E-state index in [1.54, 1.807) is 24.3 Å². The fourth-order valence-corrected chi connectivity index (χ4v) is 2.16. The van der Waals surface area contributed by atoms with Crippen molar-refractivity contribution in [2.24, 2.45) is 0 Å². The van der Waals surface area contributed by atoms with Gasteiger partial charge in [0.25, 0.3) is 0 Å². The third kappa shape index (κ3) is 4.41. The van der Waals surface area contributed by atoms with Crippen molar-refractivity contribution < 1.29 is 40.6 Å². The van der Waals surface area contributed by atoms with Gasteiger partial charge in [-0.3, -0.25) is 0 Å². The Hall–Kier alpha value is -2.13. The molecule has 0 atom stereocenters. The largest absolute Gasteiger partial charge is 0.426 e. The Morgan fingerprint density at radius 1 is 0.741 bits per heavy atom. The molecule has 0 fully saturated rings. The smallest absolute Gasteiger partial charge is 0.392 e. The summed E-state index contributed by atoms with van der Waals surface area (Å²) in [5.74, 6) is -11.6. The second kappa shape index (κ2) is 7.85. The van der Waals surface area contributed by atoms with Gasteiger partial charge >= 0.3 is 18.0 Å². The highest BCUT2D eigenvalue weighted by Gasteiger charge is 2.73. The molecule has 0 bridgehead atoms. The van der Waals surface area contributed by atoms with Crippen LogP contribution in [0.15, 0.2) is 48.5 Å². The van der Waals surface area contributed by atoms with Crippen molar-refractivity contribution in [3.8, 4) is 11.1 Å². The van der Waals surface area contributed by atoms with E-state index in [0.717, 1.165) is 5.56 Å². The summed E-state index contributed by atoms with van der Waals surface area (Å²) < 4.78 is 94.1. The van der Waals surface area contributed by atoms with Crippen molar-refractivity contribution in [2.45, 2.75) is 31.2 Å². The molecule has 1 N–H and O–H groups in total. The zero-order chi connectivity index (χ0) is 20.3. The Balaban J connectivity index is 2.08. The minimum Gasteiger partial charge on any atom is -0.392 e. The molecule has 2 aromatic rings. The molecule has 0 amide bonds. The Labute approximate surface area is 150 Å². The molecule has 2 aromatic carbocycles. The molecule has 0 heterocycles. The van der Waals surface area contributed by atoms with Crippen molar-refractivity contribution >= 4 is 0 Å². The first kappa shape index (κ1) is 21.2. The molecular weight excluding hydrogens is 381 g/mol. The molecule has 9 heteroatoms. The van der Waals surface area contributed by atoms with Crippen LogP contribution in [0, 0.1) is 0 Å². The summed E-state index contributed by atoms with van der Waals surface area (Å²) in [6, 6.07) is 12.4. The summed E-state index contributed by atoms with van der Waals surface area (Å²) in [5.41, 5.74) is 2.14. The number of hydrogen-bond donors (Lipinski definition) is 1. The number of halogens is 7. The summed E-state index contributed by atoms with van der Waals surface area (Å²) in [6.07, 6.45) is -5.55. The van der Waals surface area contributed by atoms with Crippen LogP contribution in [0.4, 0.5) is 30.7 Å². The Kier molecular flexibility index (Phi) is 6.16. The SMILES string of the molecule is OCc1ccc(-c2ccc(COC(F)(F)C(F)(F)C(F)(F)CF)cc2)cc1. The predicted octanol–water partition coefficient (Wildman–Crippen LogP) is 5.20. The van der Waals surface area contributed by atoms with Crippen LogP contribution in [0.25, 0.3) is 11.1 Å². The first-order valence-corrected chi connectivity index (χ1v) is 7.66. The van der Waals surface area contributed by atoms with Gasteiger partial charge in [-0.25, -0.2) is 4.39 Å². The van der Waals surface area contributed by atoms with E-state index < -0.39 is 31.2 Å². The molecule has 0 aliphatic heterocycles. The second-order valence-electron chi connectivity index (χ2n) is 5.77. The highest BCUT2D eigenvalue weighted by atomic mass is 19.4. The lowest BCUT2D eigenvalue weighted by Crippen LogP contribution is -2.56. The van der Waals surface area contributed by atoms with Gasteiger partial charge in [0.15, 0.2) is 6.67 Å². The van der Waals surface area contributed by atoms with E-state index in [0.29, 0.717) is 11.1 Å². The van der Waals surface area contributed by atoms with Crippen LogP contribution in [0.1, 0.15) is 11.1 Å². The van der Waals surface area contributed by atoms with Crippen LogP contribution >= 0.6 is 0 Å². The van der Waals surface area contributed by atoms with Crippen molar-refractivity contribution in [3.63, 3.8) is 0 Å². The number of alkyl halides is 7. The maximum atomic E-state index is 13.3. The summed E-state index contributed by atoms with van der Waals surface area (Å²) in [7, 11) is 0. The maximum absolute atomic E-state index is 13.3. The fourth-order valence-electron chi connectivity index (χ4n) is 2.16. The molecule has 0 saturated carbocycles. The average molecular weight is 396 g/mol. The number of ether oxygens (including phenoxy) is 1. The summed E-state index contributed by atoms with van der Waals surface area (Å²) in [5, 5.41) is 8.99. The molecule has 2 rings (SSSR count). The Morgan fingerprint density at radius 3 is 1.59 bits per heavy atom. The lowest BCUT2D eigenvalue weighted by molar-refractivity contribution is -0.402. The van der Waals surface area contributed by atoms with Gasteiger partial charge in [0.05, 0.1) is 13.2 Å². The number of rotatable bonds is 8. The van der Waals surface area contributed by atoms with Gasteiger partial charge < -0.3 is 9.84 Å². The van der Waals surface area contributed by atoms with Gasteiger partial charge in [0.2, 0.25) is 0 Å². The number of aliphatic hydroxyl groups excluding tert-OH is 1. The summed E-state index contributed by atoms with van der Waals surface area (Å²) in [4.78, 5) is 0. The molecule has 0 saturated heterocycles. The average Bonchev–Trinajstić information content (AvgIpc) is 2.66. The second-order valence-corrected chi connectivity index (χ2v) is 5.77. The van der Waals surface area contributed by atoms with E-state index in [-0.39, 0.29) is 12.2 Å². The van der Waals surface area contributed by atoms with E-state index in [4.69, 9.17) is 5.11 Å². The standard InChI is InChI=1S/C18H15F7O2/c19-11-16(20,21)17(22,23)18(24,25)27-10-13-3-7-15(8-4-13)14-5-1-12(9-26)2-6-14/h1-8,26H,9-11H2. The van der Waals surface area contributed by atoms with Crippen LogP contribution in [-0.2, 0) is 18.0 Å². The lowest BCUT2D eigenvalue weighted by Gasteiger charge is -2.30. The lowest BCUT2D eigenvalue weighted by atomic mass is 10.0. The van der Waals surface area contributed by atoms with Crippen LogP contribution in [0.2, 0.25) is 0 Å². The Morgan fingerprint density at radius 2 is 1.19 bits per heavy atom. The topological polar surface area (TPSA) is 29.5 Å². The molecule has 0 aliphatic carbocycles. The minimum atomic E-state index is -6.00. The molecule has 0 aromatic heterocycles. The zero-order valence-electron chi connectivity index (χ0n) is 13.7. The van der Waals surface area contributed by atoms with Crippen molar-refractivity contribution in [2.75, 3.05) is 6.67 Å². The third-order valence-electron chi connectivity index (χ3n) is 3.84. The zero-order valence-corrected chi connectivity index (χ0v) is 13.7. The van der Waals surface area contributed by atoms with E-state index in [1.807, 2.05) is 0 Å². The molecule has 0 spiro atoms. The van der Waals surface area contributed by atoms with Crippen molar-refractivity contribution in [1.29, 1.82) is 0 Å². The molecule has 27 heavy (non-hydrogen) atoms. The molecule has 2 nitrogen and oxygen atoms in total. The number of hydrogen-bond acceptors (Lipinski definition) is 2. The quantitative estimate of drug-likeness (QED) is 0.622. The van der Waals surface area contributed by atoms with E-state index in [2.05, 4.69) is 4.74 Å². The first-order valence-electron chi connectivity index (χ1n) is 7.66. The highest BCUT2D eigenvalue weighted by Crippen LogP contribution is 2.46. The normalized spacial score (nSPS) is 13.0. The van der Waals surface area contributed by atoms with Crippen LogP contribution in [0.3, 0.4) is 0 Å². The van der Waals surface area contributed by atoms with Crippen molar-refractivity contribution in [1.82, 2.24) is 0 Å². The van der Waals surface area contributed by atoms with Crippen LogP contribution < -0.4 is 0 Å². The predicted molar refractivity (Wildman–Crippen MR) is 83.4 cm³/mol. The molecule has 0 aliphatic rings. The summed E-state index contributed by atoms with van der Waals surface area (Å²) >= 11 is 0. The van der Waals surface area contributed by atoms with Crippen LogP contribution in [-0.4, -0.2) is 29.7 Å². The van der Waals surface area contributed by atoms with Gasteiger partial charge in [-0.05, 0) is 22.3 Å². The maximum Gasteiger partial charge on any atom is 0.426 e. The molecule has 0 unspecified atom stereocenters. The van der Waals surface area contributed by atoms with Gasteiger partial charge in [0.1, 0.15) is 0 Å². The molecular formula is C18H15F7O2. The third-order valence-corrected chi connectivity index (χ3v) is 3.84. The van der Waals surface area contributed by atoms with Crippen molar-refractivity contribution in [3.05, 3.63) is 59.7 Å². The first-order chi connectivity index (χ1) is 12.5. The van der Waals surface area contributed by atoms with Gasteiger partial charge in [-0.1, -0.05) is 48.5 Å².